The summed E-state index contributed by atoms with van der Waals surface area (Å²) in [6, 6.07) is 0. The van der Waals surface area contributed by atoms with E-state index in [1.54, 1.807) is 0 Å². The van der Waals surface area contributed by atoms with Crippen molar-refractivity contribution in [1.29, 1.82) is 0 Å². The Morgan fingerprint density at radius 1 is 1.25 bits per heavy atom. The minimum atomic E-state index is -0.330. The number of rotatable bonds is 5. The van der Waals surface area contributed by atoms with E-state index in [1.165, 1.54) is 0 Å². The maximum Gasteiger partial charge on any atom is 0.239 e. The first-order valence-corrected chi connectivity index (χ1v) is 4.62. The van der Waals surface area contributed by atoms with Crippen molar-refractivity contribution in [2.75, 3.05) is 25.0 Å². The maximum absolute atomic E-state index is 10.8. The van der Waals surface area contributed by atoms with Gasteiger partial charge in [0.05, 0.1) is 13.1 Å². The van der Waals surface area contributed by atoms with Crippen LogP contribution in [0.5, 0.6) is 0 Å². The van der Waals surface area contributed by atoms with E-state index in [1.807, 2.05) is 0 Å². The van der Waals surface area contributed by atoms with Crippen molar-refractivity contribution >= 4 is 27.7 Å². The molecule has 5 nitrogen and oxygen atoms in total. The first-order chi connectivity index (χ1) is 5.70. The second-order valence-corrected chi connectivity index (χ2v) is 2.81. The molecule has 12 heavy (non-hydrogen) atoms. The Labute approximate surface area is 79.2 Å². The molecule has 2 amide bonds. The van der Waals surface area contributed by atoms with Gasteiger partial charge in [0.1, 0.15) is 0 Å². The lowest BCUT2D eigenvalue weighted by Gasteiger charge is -2.03. The highest BCUT2D eigenvalue weighted by Gasteiger charge is 2.01. The molecule has 0 aromatic heterocycles. The SMILES string of the molecule is NCC(=O)NCC(=O)NCCBr. The zero-order valence-corrected chi connectivity index (χ0v) is 8.19. The molecule has 0 saturated carbocycles. The van der Waals surface area contributed by atoms with Crippen LogP contribution in [0.3, 0.4) is 0 Å². The van der Waals surface area contributed by atoms with Crippen molar-refractivity contribution in [3.05, 3.63) is 0 Å². The molecule has 0 bridgehead atoms. The van der Waals surface area contributed by atoms with Gasteiger partial charge in [-0.2, -0.15) is 0 Å². The molecule has 0 saturated heterocycles. The first kappa shape index (κ1) is 11.4. The summed E-state index contributed by atoms with van der Waals surface area (Å²) in [7, 11) is 0. The number of nitrogens with one attached hydrogen (secondary N) is 2. The average molecular weight is 238 g/mol. The van der Waals surface area contributed by atoms with Crippen molar-refractivity contribution in [2.24, 2.45) is 5.73 Å². The number of hydrogen-bond acceptors (Lipinski definition) is 3. The van der Waals surface area contributed by atoms with Gasteiger partial charge < -0.3 is 16.4 Å². The second-order valence-electron chi connectivity index (χ2n) is 2.02. The summed E-state index contributed by atoms with van der Waals surface area (Å²) in [6.45, 7) is 0.450. The van der Waals surface area contributed by atoms with E-state index in [2.05, 4.69) is 26.6 Å². The summed E-state index contributed by atoms with van der Waals surface area (Å²) in [5, 5.41) is 5.62. The molecule has 4 N–H and O–H groups in total. The van der Waals surface area contributed by atoms with Gasteiger partial charge in [0.2, 0.25) is 11.8 Å². The molecule has 0 rings (SSSR count). The van der Waals surface area contributed by atoms with Crippen LogP contribution in [-0.4, -0.2) is 36.8 Å². The molecule has 0 aliphatic carbocycles. The molecule has 0 aromatic rings. The Bertz CT molecular complexity index is 163. The van der Waals surface area contributed by atoms with Gasteiger partial charge in [-0.1, -0.05) is 15.9 Å². The fraction of sp³-hybridized carbons (Fsp3) is 0.667. The smallest absolute Gasteiger partial charge is 0.239 e. The van der Waals surface area contributed by atoms with Crippen molar-refractivity contribution in [3.8, 4) is 0 Å². The van der Waals surface area contributed by atoms with Crippen molar-refractivity contribution in [1.82, 2.24) is 10.6 Å². The topological polar surface area (TPSA) is 84.2 Å². The second kappa shape index (κ2) is 7.05. The summed E-state index contributed by atoms with van der Waals surface area (Å²) < 4.78 is 0. The standard InChI is InChI=1S/C6H12BrN3O2/c7-1-2-9-6(12)4-10-5(11)3-8/h1-4,8H2,(H,9,12)(H,10,11). The van der Waals surface area contributed by atoms with Gasteiger partial charge in [-0.3, -0.25) is 9.59 Å². The maximum atomic E-state index is 10.8. The lowest BCUT2D eigenvalue weighted by molar-refractivity contribution is -0.125. The summed E-state index contributed by atoms with van der Waals surface area (Å²) in [4.78, 5) is 21.4. The fourth-order valence-corrected chi connectivity index (χ4v) is 0.698. The predicted octanol–water partition coefficient (Wildman–Crippen LogP) is -1.43. The number of amides is 2. The Hall–Kier alpha value is -0.620. The highest BCUT2D eigenvalue weighted by molar-refractivity contribution is 9.09. The molecule has 6 heteroatoms. The summed E-state index contributed by atoms with van der Waals surface area (Å²) >= 11 is 3.15. The van der Waals surface area contributed by atoms with Crippen LogP contribution in [0.1, 0.15) is 0 Å². The Morgan fingerprint density at radius 3 is 2.42 bits per heavy atom. The van der Waals surface area contributed by atoms with Crippen LogP contribution < -0.4 is 16.4 Å². The minimum Gasteiger partial charge on any atom is -0.354 e. The molecular weight excluding hydrogens is 226 g/mol. The normalized spacial score (nSPS) is 9.17. The van der Waals surface area contributed by atoms with Crippen molar-refractivity contribution in [2.45, 2.75) is 0 Å². The number of carbonyl (C=O) groups excluding carboxylic acids is 2. The molecule has 0 spiro atoms. The van der Waals surface area contributed by atoms with Crippen molar-refractivity contribution < 1.29 is 9.59 Å². The minimum absolute atomic E-state index is 0.0109. The molecule has 0 aliphatic rings. The number of carbonyl (C=O) groups is 2. The van der Waals surface area contributed by atoms with Crippen LogP contribution in [0, 0.1) is 0 Å². The molecule has 0 radical (unpaired) electrons. The average Bonchev–Trinajstić information content (AvgIpc) is 2.10. The molecule has 0 fully saturated rings. The van der Waals surface area contributed by atoms with E-state index >= 15 is 0 Å². The highest BCUT2D eigenvalue weighted by Crippen LogP contribution is 1.74. The number of hydrogen-bond donors (Lipinski definition) is 3. The summed E-state index contributed by atoms with van der Waals surface area (Å²) in [5.41, 5.74) is 5.01. The number of halogens is 1. The largest absolute Gasteiger partial charge is 0.354 e. The molecule has 0 aliphatic heterocycles. The van der Waals surface area contributed by atoms with Gasteiger partial charge in [-0.15, -0.1) is 0 Å². The Morgan fingerprint density at radius 2 is 1.92 bits per heavy atom. The molecule has 0 heterocycles. The Balaban J connectivity index is 3.37. The number of alkyl halides is 1. The van der Waals surface area contributed by atoms with E-state index in [9.17, 15) is 9.59 Å². The monoisotopic (exact) mass is 237 g/mol. The lowest BCUT2D eigenvalue weighted by Crippen LogP contribution is -2.39. The van der Waals surface area contributed by atoms with Crippen LogP contribution in [0.25, 0.3) is 0 Å². The van der Waals surface area contributed by atoms with Gasteiger partial charge in [0.15, 0.2) is 0 Å². The Kier molecular flexibility index (Phi) is 6.69. The van der Waals surface area contributed by atoms with E-state index in [-0.39, 0.29) is 24.9 Å². The van der Waals surface area contributed by atoms with Crippen LogP contribution >= 0.6 is 15.9 Å². The zero-order valence-electron chi connectivity index (χ0n) is 6.60. The summed E-state index contributed by atoms with van der Waals surface area (Å²) in [6.07, 6.45) is 0. The van der Waals surface area contributed by atoms with Gasteiger partial charge in [-0.25, -0.2) is 0 Å². The molecule has 0 atom stereocenters. The van der Waals surface area contributed by atoms with Crippen LogP contribution in [0.2, 0.25) is 0 Å². The highest BCUT2D eigenvalue weighted by atomic mass is 79.9. The number of nitrogens with two attached hydrogens (primary N) is 1. The predicted molar refractivity (Wildman–Crippen MR) is 48.9 cm³/mol. The van der Waals surface area contributed by atoms with E-state index in [0.717, 1.165) is 0 Å². The third-order valence-electron chi connectivity index (χ3n) is 1.05. The van der Waals surface area contributed by atoms with Gasteiger partial charge >= 0.3 is 0 Å². The van der Waals surface area contributed by atoms with Gasteiger partial charge in [0, 0.05) is 11.9 Å². The molecule has 70 valence electrons. The lowest BCUT2D eigenvalue weighted by atomic mass is 10.5. The van der Waals surface area contributed by atoms with Gasteiger partial charge in [-0.05, 0) is 0 Å². The molecule has 0 aromatic carbocycles. The molecular formula is C6H12BrN3O2. The van der Waals surface area contributed by atoms with Crippen LogP contribution in [0.15, 0.2) is 0 Å². The quantitative estimate of drug-likeness (QED) is 0.513. The van der Waals surface area contributed by atoms with Crippen LogP contribution in [0.4, 0.5) is 0 Å². The zero-order chi connectivity index (χ0) is 9.40. The van der Waals surface area contributed by atoms with E-state index in [4.69, 9.17) is 5.73 Å². The van der Waals surface area contributed by atoms with Crippen molar-refractivity contribution in [3.63, 3.8) is 0 Å². The van der Waals surface area contributed by atoms with Crippen LogP contribution in [-0.2, 0) is 9.59 Å². The van der Waals surface area contributed by atoms with E-state index < -0.39 is 0 Å². The first-order valence-electron chi connectivity index (χ1n) is 3.50. The fourth-order valence-electron chi connectivity index (χ4n) is 0.500. The third-order valence-corrected chi connectivity index (χ3v) is 1.44. The van der Waals surface area contributed by atoms with Gasteiger partial charge in [0.25, 0.3) is 0 Å². The molecule has 0 unspecified atom stereocenters. The van der Waals surface area contributed by atoms with E-state index in [0.29, 0.717) is 11.9 Å². The third kappa shape index (κ3) is 6.11. The summed E-state index contributed by atoms with van der Waals surface area (Å²) in [5.74, 6) is -0.541.